The number of ether oxygens (including phenoxy) is 1. The van der Waals surface area contributed by atoms with Crippen LogP contribution in [0.1, 0.15) is 12.6 Å². The SMILES string of the molecule is CC1(c2cn[nH]n2)COC1. The summed E-state index contributed by atoms with van der Waals surface area (Å²) in [5, 5.41) is 10.3. The molecule has 4 heteroatoms. The second kappa shape index (κ2) is 1.79. The van der Waals surface area contributed by atoms with Crippen LogP contribution in [-0.4, -0.2) is 28.6 Å². The summed E-state index contributed by atoms with van der Waals surface area (Å²) < 4.78 is 5.08. The zero-order chi connectivity index (χ0) is 7.03. The van der Waals surface area contributed by atoms with E-state index < -0.39 is 0 Å². The molecule has 0 unspecified atom stereocenters. The first-order valence-electron chi connectivity index (χ1n) is 3.25. The maximum Gasteiger partial charge on any atom is 0.0929 e. The summed E-state index contributed by atoms with van der Waals surface area (Å²) in [4.78, 5) is 0. The smallest absolute Gasteiger partial charge is 0.0929 e. The van der Waals surface area contributed by atoms with E-state index in [0.717, 1.165) is 18.9 Å². The molecular formula is C6H9N3O. The van der Waals surface area contributed by atoms with Gasteiger partial charge in [-0.1, -0.05) is 0 Å². The van der Waals surface area contributed by atoms with Crippen LogP contribution < -0.4 is 0 Å². The molecule has 0 bridgehead atoms. The van der Waals surface area contributed by atoms with Gasteiger partial charge in [0.2, 0.25) is 0 Å². The average Bonchev–Trinajstić information content (AvgIpc) is 2.33. The maximum absolute atomic E-state index is 5.08. The van der Waals surface area contributed by atoms with Gasteiger partial charge in [0.15, 0.2) is 0 Å². The summed E-state index contributed by atoms with van der Waals surface area (Å²) in [6.45, 7) is 3.65. The number of H-pyrrole nitrogens is 1. The molecule has 0 saturated carbocycles. The van der Waals surface area contributed by atoms with Gasteiger partial charge in [-0.15, -0.1) is 0 Å². The van der Waals surface area contributed by atoms with Gasteiger partial charge in [0, 0.05) is 0 Å². The molecule has 2 rings (SSSR count). The van der Waals surface area contributed by atoms with Gasteiger partial charge >= 0.3 is 0 Å². The summed E-state index contributed by atoms with van der Waals surface area (Å²) in [5.41, 5.74) is 1.12. The van der Waals surface area contributed by atoms with Crippen LogP contribution in [0.15, 0.2) is 6.20 Å². The van der Waals surface area contributed by atoms with Crippen molar-refractivity contribution < 1.29 is 4.74 Å². The van der Waals surface area contributed by atoms with Crippen molar-refractivity contribution in [2.24, 2.45) is 0 Å². The molecule has 1 aromatic rings. The molecule has 0 amide bonds. The molecule has 54 valence electrons. The van der Waals surface area contributed by atoms with Gasteiger partial charge in [-0.05, 0) is 6.92 Å². The second-order valence-corrected chi connectivity index (χ2v) is 2.91. The number of nitrogens with zero attached hydrogens (tertiary/aromatic N) is 2. The van der Waals surface area contributed by atoms with E-state index >= 15 is 0 Å². The Morgan fingerprint density at radius 1 is 1.70 bits per heavy atom. The molecule has 1 aliphatic heterocycles. The zero-order valence-electron chi connectivity index (χ0n) is 5.79. The Labute approximate surface area is 58.6 Å². The Morgan fingerprint density at radius 3 is 2.90 bits per heavy atom. The predicted molar refractivity (Wildman–Crippen MR) is 34.6 cm³/mol. The molecule has 2 heterocycles. The van der Waals surface area contributed by atoms with E-state index in [1.807, 2.05) is 0 Å². The third-order valence-electron chi connectivity index (χ3n) is 1.87. The van der Waals surface area contributed by atoms with E-state index in [-0.39, 0.29) is 5.41 Å². The van der Waals surface area contributed by atoms with Crippen LogP contribution >= 0.6 is 0 Å². The second-order valence-electron chi connectivity index (χ2n) is 2.91. The Balaban J connectivity index is 2.27. The lowest BCUT2D eigenvalue weighted by atomic mass is 9.86. The average molecular weight is 139 g/mol. The highest BCUT2D eigenvalue weighted by Gasteiger charge is 2.37. The molecule has 1 aromatic heterocycles. The largest absolute Gasteiger partial charge is 0.379 e. The Morgan fingerprint density at radius 2 is 2.50 bits per heavy atom. The van der Waals surface area contributed by atoms with Crippen molar-refractivity contribution >= 4 is 0 Å². The van der Waals surface area contributed by atoms with Gasteiger partial charge in [-0.3, -0.25) is 0 Å². The molecule has 1 saturated heterocycles. The van der Waals surface area contributed by atoms with Crippen LogP contribution in [0.4, 0.5) is 0 Å². The highest BCUT2D eigenvalue weighted by atomic mass is 16.5. The molecular weight excluding hydrogens is 130 g/mol. The standard InChI is InChI=1S/C6H9N3O/c1-6(3-10-4-6)5-2-7-9-8-5/h2H,3-4H2,1H3,(H,7,8,9). The molecule has 4 nitrogen and oxygen atoms in total. The summed E-state index contributed by atoms with van der Waals surface area (Å²) in [7, 11) is 0. The first kappa shape index (κ1) is 5.85. The van der Waals surface area contributed by atoms with Crippen LogP contribution in [-0.2, 0) is 10.2 Å². The topological polar surface area (TPSA) is 50.8 Å². The molecule has 1 aliphatic rings. The molecule has 0 spiro atoms. The van der Waals surface area contributed by atoms with Crippen LogP contribution in [0, 0.1) is 0 Å². The van der Waals surface area contributed by atoms with Crippen molar-refractivity contribution in [1.82, 2.24) is 15.4 Å². The third kappa shape index (κ3) is 0.654. The number of nitrogens with one attached hydrogen (secondary N) is 1. The normalized spacial score (nSPS) is 22.1. The van der Waals surface area contributed by atoms with Crippen LogP contribution in [0.25, 0.3) is 0 Å². The lowest BCUT2D eigenvalue weighted by Crippen LogP contribution is -2.44. The summed E-state index contributed by atoms with van der Waals surface area (Å²) in [6.07, 6.45) is 1.75. The minimum Gasteiger partial charge on any atom is -0.379 e. The van der Waals surface area contributed by atoms with Crippen LogP contribution in [0.3, 0.4) is 0 Å². The number of hydrogen-bond acceptors (Lipinski definition) is 3. The van der Waals surface area contributed by atoms with E-state index in [0.29, 0.717) is 0 Å². The molecule has 1 fully saturated rings. The quantitative estimate of drug-likeness (QED) is 0.600. The summed E-state index contributed by atoms with van der Waals surface area (Å²) >= 11 is 0. The molecule has 0 radical (unpaired) electrons. The first-order valence-corrected chi connectivity index (χ1v) is 3.25. The minimum atomic E-state index is 0.118. The van der Waals surface area contributed by atoms with Gasteiger partial charge in [-0.2, -0.15) is 15.4 Å². The van der Waals surface area contributed by atoms with Crippen molar-refractivity contribution in [3.63, 3.8) is 0 Å². The van der Waals surface area contributed by atoms with E-state index in [2.05, 4.69) is 22.3 Å². The summed E-state index contributed by atoms with van der Waals surface area (Å²) in [6, 6.07) is 0. The minimum absolute atomic E-state index is 0.118. The maximum atomic E-state index is 5.08. The molecule has 0 aromatic carbocycles. The van der Waals surface area contributed by atoms with Crippen LogP contribution in [0.5, 0.6) is 0 Å². The van der Waals surface area contributed by atoms with E-state index in [1.54, 1.807) is 6.20 Å². The highest BCUT2D eigenvalue weighted by molar-refractivity contribution is 5.13. The summed E-state index contributed by atoms with van der Waals surface area (Å²) in [5.74, 6) is 0. The van der Waals surface area contributed by atoms with E-state index in [9.17, 15) is 0 Å². The Bertz CT molecular complexity index is 215. The van der Waals surface area contributed by atoms with Gasteiger partial charge in [-0.25, -0.2) is 0 Å². The van der Waals surface area contributed by atoms with Crippen molar-refractivity contribution in [3.8, 4) is 0 Å². The molecule has 0 aliphatic carbocycles. The van der Waals surface area contributed by atoms with Crippen LogP contribution in [0.2, 0.25) is 0 Å². The Hall–Kier alpha value is -0.900. The highest BCUT2D eigenvalue weighted by Crippen LogP contribution is 2.28. The van der Waals surface area contributed by atoms with Crippen molar-refractivity contribution in [1.29, 1.82) is 0 Å². The lowest BCUT2D eigenvalue weighted by Gasteiger charge is -2.35. The first-order chi connectivity index (χ1) is 4.81. The molecule has 10 heavy (non-hydrogen) atoms. The number of aromatic nitrogens is 3. The van der Waals surface area contributed by atoms with E-state index in [4.69, 9.17) is 4.74 Å². The van der Waals surface area contributed by atoms with Crippen molar-refractivity contribution in [2.75, 3.05) is 13.2 Å². The van der Waals surface area contributed by atoms with Gasteiger partial charge in [0.05, 0.1) is 30.5 Å². The number of rotatable bonds is 1. The molecule has 1 N–H and O–H groups in total. The monoisotopic (exact) mass is 139 g/mol. The fourth-order valence-electron chi connectivity index (χ4n) is 1.05. The van der Waals surface area contributed by atoms with Gasteiger partial charge in [0.1, 0.15) is 0 Å². The van der Waals surface area contributed by atoms with Gasteiger partial charge in [0.25, 0.3) is 0 Å². The third-order valence-corrected chi connectivity index (χ3v) is 1.87. The lowest BCUT2D eigenvalue weighted by molar-refractivity contribution is -0.0521. The Kier molecular flexibility index (Phi) is 1.05. The van der Waals surface area contributed by atoms with Gasteiger partial charge < -0.3 is 4.74 Å². The fourth-order valence-corrected chi connectivity index (χ4v) is 1.05. The predicted octanol–water partition coefficient (Wildman–Crippen LogP) is 0.0926. The molecule has 0 atom stereocenters. The zero-order valence-corrected chi connectivity index (χ0v) is 5.79. The fraction of sp³-hybridized carbons (Fsp3) is 0.667. The number of hydrogen-bond donors (Lipinski definition) is 1. The van der Waals surface area contributed by atoms with Crippen molar-refractivity contribution in [3.05, 3.63) is 11.9 Å². The van der Waals surface area contributed by atoms with Crippen molar-refractivity contribution in [2.45, 2.75) is 12.3 Å². The van der Waals surface area contributed by atoms with E-state index in [1.165, 1.54) is 0 Å². The number of aromatic amines is 1.